The molecule has 0 aromatic heterocycles. The first-order valence-electron chi connectivity index (χ1n) is 3.18. The molecule has 0 fully saturated rings. The number of alkyl halides is 4. The van der Waals surface area contributed by atoms with E-state index in [-0.39, 0.29) is 19.5 Å². The number of carbonyl (C=O) groups excluding carboxylic acids is 2. The van der Waals surface area contributed by atoms with Crippen LogP contribution in [0.4, 0.5) is 8.78 Å². The molecule has 0 spiro atoms. The van der Waals surface area contributed by atoms with E-state index < -0.39 is 34.9 Å². The molecule has 9 heteroatoms. The molecule has 0 bridgehead atoms. The first kappa shape index (κ1) is 20.8. The van der Waals surface area contributed by atoms with Crippen LogP contribution in [0, 0.1) is 0 Å². The predicted octanol–water partition coefficient (Wildman–Crippen LogP) is -1.06. The SMILES string of the molecule is O=C([O-])C(Br)CF.O=C([O-])C(Br)CF.[Zn+2]. The zero-order chi connectivity index (χ0) is 11.7. The molecule has 0 aromatic carbocycles. The van der Waals surface area contributed by atoms with Crippen LogP contribution in [0.15, 0.2) is 0 Å². The summed E-state index contributed by atoms with van der Waals surface area (Å²) in [7, 11) is 0. The quantitative estimate of drug-likeness (QED) is 0.441. The van der Waals surface area contributed by atoms with Crippen LogP contribution < -0.4 is 10.2 Å². The van der Waals surface area contributed by atoms with Crippen molar-refractivity contribution in [1.82, 2.24) is 0 Å². The largest absolute Gasteiger partial charge is 2.00 e. The van der Waals surface area contributed by atoms with Crippen LogP contribution in [0.5, 0.6) is 0 Å². The molecule has 0 saturated heterocycles. The Morgan fingerprint density at radius 1 is 1.00 bits per heavy atom. The number of carboxylic acid groups (broad SMARTS) is 2. The number of aliphatic carboxylic acids is 2. The van der Waals surface area contributed by atoms with Gasteiger partial charge in [0.2, 0.25) is 0 Å². The molecule has 0 aliphatic heterocycles. The Hall–Kier alpha value is 0.383. The van der Waals surface area contributed by atoms with Crippen molar-refractivity contribution in [3.63, 3.8) is 0 Å². The standard InChI is InChI=1S/2C3H4BrFO2.Zn/c2*4-2(1-5)3(6)7;/h2*2H,1H2,(H,6,7);/q;;+2/p-2. The molecule has 0 aromatic rings. The van der Waals surface area contributed by atoms with Crippen LogP contribution in [-0.4, -0.2) is 34.9 Å². The van der Waals surface area contributed by atoms with Crippen molar-refractivity contribution in [2.45, 2.75) is 9.65 Å². The van der Waals surface area contributed by atoms with Crippen LogP contribution in [0.2, 0.25) is 0 Å². The summed E-state index contributed by atoms with van der Waals surface area (Å²) in [6.45, 7) is -1.86. The van der Waals surface area contributed by atoms with Gasteiger partial charge in [-0.05, 0) is 0 Å². The Bertz CT molecular complexity index is 176. The number of rotatable bonds is 4. The van der Waals surface area contributed by atoms with Gasteiger partial charge in [-0.1, -0.05) is 31.9 Å². The second-order valence-electron chi connectivity index (χ2n) is 1.88. The van der Waals surface area contributed by atoms with Crippen molar-refractivity contribution in [1.29, 1.82) is 0 Å². The molecular formula is C6H6Br2F2O4Zn. The third-order valence-corrected chi connectivity index (χ3v) is 2.02. The molecule has 2 atom stereocenters. The Labute approximate surface area is 114 Å². The maximum absolute atomic E-state index is 11.2. The number of halogens is 4. The van der Waals surface area contributed by atoms with E-state index in [1.54, 1.807) is 0 Å². The third kappa shape index (κ3) is 14.4. The average Bonchev–Trinajstić information content (AvgIpc) is 2.15. The van der Waals surface area contributed by atoms with E-state index in [0.717, 1.165) is 0 Å². The summed E-state index contributed by atoms with van der Waals surface area (Å²) in [5, 5.41) is 19.1. The van der Waals surface area contributed by atoms with Gasteiger partial charge in [-0.2, -0.15) is 0 Å². The van der Waals surface area contributed by atoms with Gasteiger partial charge in [0.15, 0.2) is 0 Å². The molecule has 0 saturated carbocycles. The molecule has 0 aliphatic carbocycles. The number of hydrogen-bond acceptors (Lipinski definition) is 4. The van der Waals surface area contributed by atoms with Gasteiger partial charge in [0.25, 0.3) is 0 Å². The second kappa shape index (κ2) is 12.5. The normalized spacial score (nSPS) is 12.5. The molecule has 0 N–H and O–H groups in total. The zero-order valence-electron chi connectivity index (χ0n) is 7.42. The van der Waals surface area contributed by atoms with Crippen molar-refractivity contribution in [2.24, 2.45) is 0 Å². The topological polar surface area (TPSA) is 80.3 Å². The van der Waals surface area contributed by atoms with Gasteiger partial charge in [-0.3, -0.25) is 0 Å². The number of carbonyl (C=O) groups is 2. The monoisotopic (exact) mass is 402 g/mol. The number of carboxylic acids is 2. The molecule has 84 valence electrons. The minimum Gasteiger partial charge on any atom is -0.549 e. The Morgan fingerprint density at radius 3 is 1.20 bits per heavy atom. The fourth-order valence-electron chi connectivity index (χ4n) is 0.126. The van der Waals surface area contributed by atoms with Crippen molar-refractivity contribution in [2.75, 3.05) is 13.3 Å². The van der Waals surface area contributed by atoms with Crippen LogP contribution >= 0.6 is 31.9 Å². The summed E-state index contributed by atoms with van der Waals surface area (Å²) in [4.78, 5) is 16.8. The van der Waals surface area contributed by atoms with E-state index in [2.05, 4.69) is 31.9 Å². The van der Waals surface area contributed by atoms with Crippen molar-refractivity contribution >= 4 is 43.8 Å². The minimum absolute atomic E-state index is 0. The molecule has 4 nitrogen and oxygen atoms in total. The van der Waals surface area contributed by atoms with E-state index in [1.807, 2.05) is 0 Å². The second-order valence-corrected chi connectivity index (χ2v) is 4.09. The molecule has 0 heterocycles. The van der Waals surface area contributed by atoms with Gasteiger partial charge >= 0.3 is 19.5 Å². The third-order valence-electron chi connectivity index (χ3n) is 0.782. The average molecular weight is 405 g/mol. The van der Waals surface area contributed by atoms with E-state index in [9.17, 15) is 28.6 Å². The Kier molecular flexibility index (Phi) is 17.2. The summed E-state index contributed by atoms with van der Waals surface area (Å²) in [5.41, 5.74) is 0. The van der Waals surface area contributed by atoms with Gasteiger partial charge in [0.05, 0.1) is 21.6 Å². The van der Waals surface area contributed by atoms with Gasteiger partial charge in [-0.15, -0.1) is 0 Å². The van der Waals surface area contributed by atoms with Gasteiger partial charge in [0, 0.05) is 0 Å². The molecular weight excluding hydrogens is 399 g/mol. The molecule has 0 radical (unpaired) electrons. The smallest absolute Gasteiger partial charge is 0.549 e. The van der Waals surface area contributed by atoms with E-state index in [1.165, 1.54) is 0 Å². The number of hydrogen-bond donors (Lipinski definition) is 0. The van der Waals surface area contributed by atoms with E-state index in [0.29, 0.717) is 0 Å². The maximum atomic E-state index is 11.2. The minimum atomic E-state index is -1.41. The first-order valence-corrected chi connectivity index (χ1v) is 5.01. The molecule has 0 aliphatic rings. The molecule has 15 heavy (non-hydrogen) atoms. The van der Waals surface area contributed by atoms with Crippen LogP contribution in [0.3, 0.4) is 0 Å². The van der Waals surface area contributed by atoms with Gasteiger partial charge in [-0.25, -0.2) is 8.78 Å². The fourth-order valence-corrected chi connectivity index (χ4v) is 0.126. The molecule has 0 rings (SSSR count). The van der Waals surface area contributed by atoms with E-state index >= 15 is 0 Å². The van der Waals surface area contributed by atoms with E-state index in [4.69, 9.17) is 0 Å². The predicted molar refractivity (Wildman–Crippen MR) is 47.4 cm³/mol. The zero-order valence-corrected chi connectivity index (χ0v) is 13.6. The van der Waals surface area contributed by atoms with Crippen molar-refractivity contribution in [3.8, 4) is 0 Å². The van der Waals surface area contributed by atoms with Gasteiger partial charge in [0.1, 0.15) is 13.3 Å². The Morgan fingerprint density at radius 2 is 1.20 bits per heavy atom. The first-order chi connectivity index (χ1) is 6.36. The fraction of sp³-hybridized carbons (Fsp3) is 0.667. The van der Waals surface area contributed by atoms with Gasteiger partial charge < -0.3 is 19.8 Å². The summed E-state index contributed by atoms with van der Waals surface area (Å²) in [6.07, 6.45) is 0. The van der Waals surface area contributed by atoms with Crippen molar-refractivity contribution < 1.29 is 48.1 Å². The van der Waals surface area contributed by atoms with Crippen LogP contribution in [0.25, 0.3) is 0 Å². The molecule has 2 unspecified atom stereocenters. The molecule has 0 amide bonds. The van der Waals surface area contributed by atoms with Crippen LogP contribution in [0.1, 0.15) is 0 Å². The van der Waals surface area contributed by atoms with Crippen molar-refractivity contribution in [3.05, 3.63) is 0 Å². The summed E-state index contributed by atoms with van der Waals surface area (Å²) in [5.74, 6) is -2.83. The Balaban J connectivity index is -0.000000180. The maximum Gasteiger partial charge on any atom is 2.00 e. The summed E-state index contributed by atoms with van der Waals surface area (Å²) < 4.78 is 22.3. The van der Waals surface area contributed by atoms with Crippen LogP contribution in [-0.2, 0) is 29.1 Å². The summed E-state index contributed by atoms with van der Waals surface area (Å²) in [6, 6.07) is 0. The summed E-state index contributed by atoms with van der Waals surface area (Å²) >= 11 is 5.01.